The Bertz CT molecular complexity index is 414. The third-order valence-electron chi connectivity index (χ3n) is 2.81. The van der Waals surface area contributed by atoms with Gasteiger partial charge in [-0.15, -0.1) is 0 Å². The number of carbonyl (C=O) groups is 2. The average molecular weight is 300 g/mol. The van der Waals surface area contributed by atoms with E-state index in [2.05, 4.69) is 15.0 Å². The van der Waals surface area contributed by atoms with Gasteiger partial charge in [-0.3, -0.25) is 0 Å². The summed E-state index contributed by atoms with van der Waals surface area (Å²) in [6.45, 7) is 8.01. The molecule has 0 aromatic rings. The van der Waals surface area contributed by atoms with Gasteiger partial charge in [0.2, 0.25) is 0 Å². The van der Waals surface area contributed by atoms with E-state index in [1.165, 1.54) is 7.11 Å². The first-order valence-electron chi connectivity index (χ1n) is 6.98. The molecule has 0 aromatic carbocycles. The third-order valence-corrected chi connectivity index (χ3v) is 2.81. The summed E-state index contributed by atoms with van der Waals surface area (Å²) in [6, 6.07) is -0.578. The van der Waals surface area contributed by atoms with Crippen LogP contribution in [0.25, 0.3) is 0 Å². The molecule has 1 N–H and O–H groups in total. The molecule has 0 saturated carbocycles. The number of hydrogen-bond donors (Lipinski definition) is 1. The van der Waals surface area contributed by atoms with Gasteiger partial charge in [0.05, 0.1) is 7.11 Å². The number of aliphatic imine (C=N–C) groups is 1. The number of hydrogen-bond acceptors (Lipinski definition) is 6. The topological polar surface area (TPSA) is 86.2 Å². The van der Waals surface area contributed by atoms with E-state index in [-0.39, 0.29) is 12.5 Å². The molecule has 1 amide bonds. The molecule has 0 spiro atoms. The third kappa shape index (κ3) is 6.01. The van der Waals surface area contributed by atoms with Crippen molar-refractivity contribution < 1.29 is 23.8 Å². The highest BCUT2D eigenvalue weighted by Crippen LogP contribution is 2.15. The van der Waals surface area contributed by atoms with Gasteiger partial charge in [0.1, 0.15) is 12.2 Å². The molecule has 0 bridgehead atoms. The normalized spacial score (nSPS) is 19.3. The number of carbonyl (C=O) groups excluding carboxylic acids is 2. The Hall–Kier alpha value is -1.79. The van der Waals surface area contributed by atoms with Gasteiger partial charge in [0.25, 0.3) is 0 Å². The van der Waals surface area contributed by atoms with Gasteiger partial charge in [-0.25, -0.2) is 14.6 Å². The molecular formula is C14H24N2O5. The van der Waals surface area contributed by atoms with Crippen LogP contribution in [0.15, 0.2) is 4.99 Å². The predicted octanol–water partition coefficient (Wildman–Crippen LogP) is 1.51. The lowest BCUT2D eigenvalue weighted by Gasteiger charge is -2.20. The van der Waals surface area contributed by atoms with Crippen molar-refractivity contribution >= 4 is 18.0 Å². The summed E-state index contributed by atoms with van der Waals surface area (Å²) < 4.78 is 15.2. The molecule has 0 saturated heterocycles. The van der Waals surface area contributed by atoms with E-state index in [0.29, 0.717) is 18.9 Å². The van der Waals surface area contributed by atoms with E-state index in [1.807, 2.05) is 27.7 Å². The Labute approximate surface area is 125 Å². The molecule has 0 radical (unpaired) electrons. The lowest BCUT2D eigenvalue weighted by atomic mass is 10.1. The highest BCUT2D eigenvalue weighted by atomic mass is 16.6. The van der Waals surface area contributed by atoms with E-state index >= 15 is 0 Å². The lowest BCUT2D eigenvalue weighted by molar-refractivity contribution is -0.142. The quantitative estimate of drug-likeness (QED) is 0.778. The Kier molecular flexibility index (Phi) is 5.99. The minimum atomic E-state index is -0.578. The Morgan fingerprint density at radius 2 is 2.14 bits per heavy atom. The first-order valence-corrected chi connectivity index (χ1v) is 6.98. The molecule has 0 fully saturated rings. The van der Waals surface area contributed by atoms with Crippen LogP contribution in [0.3, 0.4) is 0 Å². The number of amides is 1. The smallest absolute Gasteiger partial charge is 0.407 e. The van der Waals surface area contributed by atoms with Gasteiger partial charge in [0, 0.05) is 12.5 Å². The number of nitrogens with one attached hydrogen (secondary N) is 1. The average Bonchev–Trinajstić information content (AvgIpc) is 2.85. The van der Waals surface area contributed by atoms with E-state index in [1.54, 1.807) is 0 Å². The van der Waals surface area contributed by atoms with Gasteiger partial charge in [0.15, 0.2) is 11.9 Å². The van der Waals surface area contributed by atoms with Crippen LogP contribution in [0.5, 0.6) is 0 Å². The summed E-state index contributed by atoms with van der Waals surface area (Å²) >= 11 is 0. The molecule has 0 aliphatic carbocycles. The SMILES string of the molecule is COC(=O)C1COC(C(C)CCNC(=O)OC(C)(C)C)=N1. The van der Waals surface area contributed by atoms with Crippen molar-refractivity contribution in [1.82, 2.24) is 5.32 Å². The van der Waals surface area contributed by atoms with E-state index in [4.69, 9.17) is 9.47 Å². The fraction of sp³-hybridized carbons (Fsp3) is 0.786. The number of ether oxygens (including phenoxy) is 3. The minimum Gasteiger partial charge on any atom is -0.478 e. The Morgan fingerprint density at radius 3 is 2.71 bits per heavy atom. The number of methoxy groups -OCH3 is 1. The van der Waals surface area contributed by atoms with Gasteiger partial charge in [-0.2, -0.15) is 0 Å². The highest BCUT2D eigenvalue weighted by molar-refractivity contribution is 5.86. The van der Waals surface area contributed by atoms with Crippen LogP contribution in [0.1, 0.15) is 34.1 Å². The lowest BCUT2D eigenvalue weighted by Crippen LogP contribution is -2.33. The fourth-order valence-electron chi connectivity index (χ4n) is 1.75. The summed E-state index contributed by atoms with van der Waals surface area (Å²) in [5.74, 6) is 0.134. The van der Waals surface area contributed by atoms with Crippen LogP contribution in [-0.4, -0.2) is 49.9 Å². The summed E-state index contributed by atoms with van der Waals surface area (Å²) in [6.07, 6.45) is 0.197. The van der Waals surface area contributed by atoms with Gasteiger partial charge < -0.3 is 19.5 Å². The standard InChI is InChI=1S/C14H24N2O5/c1-9(6-7-15-13(18)21-14(2,3)4)11-16-10(8-20-11)12(17)19-5/h9-10H,6-8H2,1-5H3,(H,15,18). The van der Waals surface area contributed by atoms with Crippen LogP contribution in [0, 0.1) is 5.92 Å². The second-order valence-electron chi connectivity index (χ2n) is 5.94. The fourth-order valence-corrected chi connectivity index (χ4v) is 1.75. The molecule has 1 aliphatic rings. The molecule has 7 heteroatoms. The predicted molar refractivity (Wildman–Crippen MR) is 77.2 cm³/mol. The van der Waals surface area contributed by atoms with Gasteiger partial charge >= 0.3 is 12.1 Å². The molecule has 0 aromatic heterocycles. The second kappa shape index (κ2) is 7.28. The summed E-state index contributed by atoms with van der Waals surface area (Å²) in [5.41, 5.74) is -0.512. The molecule has 21 heavy (non-hydrogen) atoms. The maximum atomic E-state index is 11.5. The van der Waals surface area contributed by atoms with E-state index in [9.17, 15) is 9.59 Å². The van der Waals surface area contributed by atoms with Crippen LogP contribution >= 0.6 is 0 Å². The van der Waals surface area contributed by atoms with Crippen LogP contribution in [0.2, 0.25) is 0 Å². The van der Waals surface area contributed by atoms with Crippen molar-refractivity contribution in [1.29, 1.82) is 0 Å². The number of nitrogens with zero attached hydrogens (tertiary/aromatic N) is 1. The molecule has 120 valence electrons. The molecule has 1 rings (SSSR count). The first-order chi connectivity index (χ1) is 9.73. The molecular weight excluding hydrogens is 276 g/mol. The zero-order valence-electron chi connectivity index (χ0n) is 13.3. The zero-order valence-corrected chi connectivity index (χ0v) is 13.3. The maximum absolute atomic E-state index is 11.5. The van der Waals surface area contributed by atoms with Gasteiger partial charge in [-0.1, -0.05) is 6.92 Å². The first kappa shape index (κ1) is 17.3. The summed E-state index contributed by atoms with van der Waals surface area (Å²) in [7, 11) is 1.32. The van der Waals surface area contributed by atoms with Crippen molar-refractivity contribution in [2.75, 3.05) is 20.3 Å². The number of esters is 1. The van der Waals surface area contributed by atoms with Crippen molar-refractivity contribution in [2.24, 2.45) is 10.9 Å². The molecule has 1 aliphatic heterocycles. The largest absolute Gasteiger partial charge is 0.478 e. The van der Waals surface area contributed by atoms with Crippen molar-refractivity contribution in [3.05, 3.63) is 0 Å². The molecule has 2 unspecified atom stereocenters. The van der Waals surface area contributed by atoms with E-state index < -0.39 is 23.7 Å². The van der Waals surface area contributed by atoms with Crippen molar-refractivity contribution in [3.8, 4) is 0 Å². The molecule has 7 nitrogen and oxygen atoms in total. The second-order valence-corrected chi connectivity index (χ2v) is 5.94. The number of rotatable bonds is 5. The van der Waals surface area contributed by atoms with Gasteiger partial charge in [-0.05, 0) is 27.2 Å². The van der Waals surface area contributed by atoms with Crippen molar-refractivity contribution in [2.45, 2.75) is 45.8 Å². The summed E-state index contributed by atoms with van der Waals surface area (Å²) in [4.78, 5) is 27.0. The monoisotopic (exact) mass is 300 g/mol. The Morgan fingerprint density at radius 1 is 1.48 bits per heavy atom. The maximum Gasteiger partial charge on any atom is 0.407 e. The van der Waals surface area contributed by atoms with Crippen LogP contribution in [0.4, 0.5) is 4.79 Å². The highest BCUT2D eigenvalue weighted by Gasteiger charge is 2.29. The summed E-state index contributed by atoms with van der Waals surface area (Å²) in [5, 5.41) is 2.68. The van der Waals surface area contributed by atoms with Crippen LogP contribution in [-0.2, 0) is 19.0 Å². The van der Waals surface area contributed by atoms with Crippen LogP contribution < -0.4 is 5.32 Å². The zero-order chi connectivity index (χ0) is 16.0. The van der Waals surface area contributed by atoms with Crippen molar-refractivity contribution in [3.63, 3.8) is 0 Å². The number of alkyl carbamates (subject to hydrolysis) is 1. The van der Waals surface area contributed by atoms with E-state index in [0.717, 1.165) is 0 Å². The minimum absolute atomic E-state index is 0.00888. The molecule has 1 heterocycles. The molecule has 2 atom stereocenters. The Balaban J connectivity index is 2.33.